The van der Waals surface area contributed by atoms with E-state index in [1.54, 1.807) is 11.3 Å². The highest BCUT2D eigenvalue weighted by molar-refractivity contribution is 7.16. The molecule has 0 saturated heterocycles. The molecule has 1 heterocycles. The zero-order chi connectivity index (χ0) is 16.2. The van der Waals surface area contributed by atoms with E-state index in [9.17, 15) is 10.1 Å². The number of anilines is 1. The number of fused-ring (bicyclic) bond motifs is 1. The molecule has 118 valence electrons. The smallest absolute Gasteiger partial charge is 0.229 e. The summed E-state index contributed by atoms with van der Waals surface area (Å²) in [6.45, 7) is 2.11. The van der Waals surface area contributed by atoms with Gasteiger partial charge in [0.1, 0.15) is 11.1 Å². The Hall–Kier alpha value is -2.12. The summed E-state index contributed by atoms with van der Waals surface area (Å²) < 4.78 is 0. The lowest BCUT2D eigenvalue weighted by Crippen LogP contribution is -2.14. The Morgan fingerprint density at radius 1 is 1.22 bits per heavy atom. The van der Waals surface area contributed by atoms with Crippen LogP contribution >= 0.6 is 11.3 Å². The maximum Gasteiger partial charge on any atom is 0.229 e. The van der Waals surface area contributed by atoms with Crippen molar-refractivity contribution in [1.29, 1.82) is 5.26 Å². The molecule has 0 aliphatic heterocycles. The maximum atomic E-state index is 12.3. The number of rotatable bonds is 4. The number of nitriles is 1. The lowest BCUT2D eigenvalue weighted by Gasteiger charge is -2.09. The molecule has 1 aromatic heterocycles. The summed E-state index contributed by atoms with van der Waals surface area (Å²) in [5, 5.41) is 13.1. The number of hydrogen-bond donors (Lipinski definition) is 1. The van der Waals surface area contributed by atoms with Crippen LogP contribution in [0.15, 0.2) is 24.3 Å². The van der Waals surface area contributed by atoms with Gasteiger partial charge >= 0.3 is 0 Å². The molecular weight excluding hydrogens is 304 g/mol. The van der Waals surface area contributed by atoms with Gasteiger partial charge in [0.05, 0.1) is 12.0 Å². The monoisotopic (exact) mass is 324 g/mol. The first-order valence-electron chi connectivity index (χ1n) is 8.13. The number of carbonyl (C=O) groups excluding carboxylic acids is 1. The van der Waals surface area contributed by atoms with Crippen molar-refractivity contribution in [2.45, 2.75) is 45.4 Å². The third-order valence-electron chi connectivity index (χ3n) is 4.33. The second kappa shape index (κ2) is 6.97. The van der Waals surface area contributed by atoms with Crippen molar-refractivity contribution >= 4 is 22.2 Å². The van der Waals surface area contributed by atoms with Gasteiger partial charge in [0, 0.05) is 4.88 Å². The zero-order valence-electron chi connectivity index (χ0n) is 13.3. The van der Waals surface area contributed by atoms with Gasteiger partial charge in [-0.2, -0.15) is 5.26 Å². The van der Waals surface area contributed by atoms with Crippen LogP contribution in [0, 0.1) is 11.3 Å². The molecule has 23 heavy (non-hydrogen) atoms. The predicted molar refractivity (Wildman–Crippen MR) is 93.8 cm³/mol. The molecule has 0 saturated carbocycles. The quantitative estimate of drug-likeness (QED) is 0.914. The van der Waals surface area contributed by atoms with Crippen molar-refractivity contribution < 1.29 is 4.79 Å². The van der Waals surface area contributed by atoms with Crippen molar-refractivity contribution in [3.63, 3.8) is 0 Å². The molecule has 1 aromatic carbocycles. The molecule has 1 amide bonds. The Balaban J connectivity index is 1.72. The minimum Gasteiger partial charge on any atom is -0.316 e. The summed E-state index contributed by atoms with van der Waals surface area (Å²) in [7, 11) is 0. The molecule has 0 radical (unpaired) electrons. The number of nitrogens with zero attached hydrogens (tertiary/aromatic N) is 1. The van der Waals surface area contributed by atoms with E-state index in [-0.39, 0.29) is 5.91 Å². The minimum atomic E-state index is -0.0515. The van der Waals surface area contributed by atoms with Crippen LogP contribution in [0.2, 0.25) is 0 Å². The lowest BCUT2D eigenvalue weighted by atomic mass is 9.96. The van der Waals surface area contributed by atoms with Gasteiger partial charge in [-0.25, -0.2) is 0 Å². The fourth-order valence-electron chi connectivity index (χ4n) is 3.02. The van der Waals surface area contributed by atoms with Gasteiger partial charge in [-0.1, -0.05) is 31.2 Å². The van der Waals surface area contributed by atoms with Crippen molar-refractivity contribution in [2.24, 2.45) is 0 Å². The molecule has 3 nitrogen and oxygen atoms in total. The molecule has 3 rings (SSSR count). The van der Waals surface area contributed by atoms with Gasteiger partial charge in [-0.3, -0.25) is 4.79 Å². The SMILES string of the molecule is CCc1ccc(CC(=O)Nc2sc3c(c2C#N)CCCC3)cc1. The number of nitrogens with one attached hydrogen (secondary N) is 1. The summed E-state index contributed by atoms with van der Waals surface area (Å²) in [6, 6.07) is 10.4. The molecule has 2 aromatic rings. The molecule has 0 bridgehead atoms. The lowest BCUT2D eigenvalue weighted by molar-refractivity contribution is -0.115. The number of hydrogen-bond acceptors (Lipinski definition) is 3. The van der Waals surface area contributed by atoms with Gasteiger partial charge in [0.2, 0.25) is 5.91 Å². The topological polar surface area (TPSA) is 52.9 Å². The van der Waals surface area contributed by atoms with Crippen LogP contribution in [-0.4, -0.2) is 5.91 Å². The van der Waals surface area contributed by atoms with Gasteiger partial charge in [-0.15, -0.1) is 11.3 Å². The predicted octanol–water partition coefficient (Wildman–Crippen LogP) is 4.24. The molecule has 4 heteroatoms. The first-order valence-corrected chi connectivity index (χ1v) is 8.95. The Bertz CT molecular complexity index is 753. The van der Waals surface area contributed by atoms with E-state index < -0.39 is 0 Å². The van der Waals surface area contributed by atoms with Crippen LogP contribution in [0.5, 0.6) is 0 Å². The van der Waals surface area contributed by atoms with Gasteiger partial charge in [0.25, 0.3) is 0 Å². The largest absolute Gasteiger partial charge is 0.316 e. The Kier molecular flexibility index (Phi) is 4.78. The van der Waals surface area contributed by atoms with Gasteiger partial charge in [0.15, 0.2) is 0 Å². The van der Waals surface area contributed by atoms with Crippen molar-refractivity contribution in [2.75, 3.05) is 5.32 Å². The highest BCUT2D eigenvalue weighted by atomic mass is 32.1. The molecule has 1 aliphatic carbocycles. The number of benzene rings is 1. The zero-order valence-corrected chi connectivity index (χ0v) is 14.1. The molecular formula is C19H20N2OS. The average Bonchev–Trinajstić information content (AvgIpc) is 2.92. The summed E-state index contributed by atoms with van der Waals surface area (Å²) in [6.07, 6.45) is 5.65. The number of carbonyl (C=O) groups is 1. The van der Waals surface area contributed by atoms with E-state index in [1.807, 2.05) is 12.1 Å². The van der Waals surface area contributed by atoms with Crippen molar-refractivity contribution in [3.05, 3.63) is 51.4 Å². The molecule has 0 fully saturated rings. The van der Waals surface area contributed by atoms with E-state index in [1.165, 1.54) is 16.9 Å². The molecule has 1 N–H and O–H groups in total. The van der Waals surface area contributed by atoms with E-state index in [2.05, 4.69) is 30.4 Å². The molecule has 0 unspecified atom stereocenters. The average molecular weight is 324 g/mol. The van der Waals surface area contributed by atoms with E-state index in [0.717, 1.165) is 41.8 Å². The third kappa shape index (κ3) is 3.46. The van der Waals surface area contributed by atoms with Crippen LogP contribution in [0.1, 0.15) is 46.9 Å². The molecule has 0 atom stereocenters. The van der Waals surface area contributed by atoms with Crippen LogP contribution < -0.4 is 5.32 Å². The second-order valence-corrected chi connectivity index (χ2v) is 7.03. The number of thiophene rings is 1. The van der Waals surface area contributed by atoms with Crippen LogP contribution in [-0.2, 0) is 30.5 Å². The summed E-state index contributed by atoms with van der Waals surface area (Å²) in [5.41, 5.74) is 4.11. The number of amides is 1. The normalized spacial score (nSPS) is 13.2. The maximum absolute atomic E-state index is 12.3. The molecule has 0 spiro atoms. The van der Waals surface area contributed by atoms with E-state index in [4.69, 9.17) is 0 Å². The van der Waals surface area contributed by atoms with Gasteiger partial charge < -0.3 is 5.32 Å². The standard InChI is InChI=1S/C19H20N2OS/c1-2-13-7-9-14(10-8-13)11-18(22)21-19-16(12-20)15-5-3-4-6-17(15)23-19/h7-10H,2-6,11H2,1H3,(H,21,22). The first-order chi connectivity index (χ1) is 11.2. The summed E-state index contributed by atoms with van der Waals surface area (Å²) in [4.78, 5) is 13.6. The van der Waals surface area contributed by atoms with Gasteiger partial charge in [-0.05, 0) is 48.8 Å². The first kappa shape index (κ1) is 15.8. The highest BCUT2D eigenvalue weighted by Crippen LogP contribution is 2.37. The fourth-order valence-corrected chi connectivity index (χ4v) is 4.28. The second-order valence-electron chi connectivity index (χ2n) is 5.92. The summed E-state index contributed by atoms with van der Waals surface area (Å²) >= 11 is 1.58. The minimum absolute atomic E-state index is 0.0515. The van der Waals surface area contributed by atoms with Crippen LogP contribution in [0.4, 0.5) is 5.00 Å². The van der Waals surface area contributed by atoms with Crippen LogP contribution in [0.3, 0.4) is 0 Å². The Labute approximate surface area is 141 Å². The van der Waals surface area contributed by atoms with E-state index in [0.29, 0.717) is 12.0 Å². The van der Waals surface area contributed by atoms with Crippen LogP contribution in [0.25, 0.3) is 0 Å². The molecule has 1 aliphatic rings. The highest BCUT2D eigenvalue weighted by Gasteiger charge is 2.21. The summed E-state index contributed by atoms with van der Waals surface area (Å²) in [5.74, 6) is -0.0515. The van der Waals surface area contributed by atoms with E-state index >= 15 is 0 Å². The van der Waals surface area contributed by atoms with Crippen molar-refractivity contribution in [1.82, 2.24) is 0 Å². The Morgan fingerprint density at radius 2 is 1.91 bits per heavy atom. The Morgan fingerprint density at radius 3 is 2.61 bits per heavy atom. The fraction of sp³-hybridized carbons (Fsp3) is 0.368. The number of aryl methyl sites for hydroxylation is 2. The third-order valence-corrected chi connectivity index (χ3v) is 5.54. The van der Waals surface area contributed by atoms with Crippen molar-refractivity contribution in [3.8, 4) is 6.07 Å².